The van der Waals surface area contributed by atoms with Crippen molar-refractivity contribution in [3.05, 3.63) is 73.9 Å². The van der Waals surface area contributed by atoms with Gasteiger partial charge in [-0.05, 0) is 29.8 Å². The predicted molar refractivity (Wildman–Crippen MR) is 122 cm³/mol. The third kappa shape index (κ3) is 6.55. The molecule has 0 saturated heterocycles. The van der Waals surface area contributed by atoms with Crippen LogP contribution in [0.25, 0.3) is 0 Å². The van der Waals surface area contributed by atoms with Crippen LogP contribution in [-0.2, 0) is 12.3 Å². The van der Waals surface area contributed by atoms with E-state index in [1.165, 1.54) is 4.88 Å². The van der Waals surface area contributed by atoms with Gasteiger partial charge in [0.05, 0.1) is 10.7 Å². The van der Waals surface area contributed by atoms with E-state index < -0.39 is 0 Å². The van der Waals surface area contributed by atoms with Crippen molar-refractivity contribution in [3.63, 3.8) is 0 Å². The Labute approximate surface area is 187 Å². The minimum Gasteiger partial charge on any atom is -0.336 e. The highest BCUT2D eigenvalue weighted by Gasteiger charge is 2.16. The fraction of sp³-hybridized carbons (Fsp3) is 0.235. The summed E-state index contributed by atoms with van der Waals surface area (Å²) < 4.78 is 2.92. The smallest absolute Gasteiger partial charge is 0.0946 e. The zero-order chi connectivity index (χ0) is 17.6. The Morgan fingerprint density at radius 3 is 2.65 bits per heavy atom. The van der Waals surface area contributed by atoms with Gasteiger partial charge >= 0.3 is 0 Å². The van der Waals surface area contributed by atoms with E-state index in [0.717, 1.165) is 27.3 Å². The lowest BCUT2D eigenvalue weighted by Gasteiger charge is -2.19. The van der Waals surface area contributed by atoms with Crippen molar-refractivity contribution >= 4 is 82.1 Å². The molecule has 2 heterocycles. The molecule has 1 unspecified atom stereocenters. The summed E-state index contributed by atoms with van der Waals surface area (Å²) in [4.78, 5) is 5.42. The van der Waals surface area contributed by atoms with Gasteiger partial charge in [-0.25, -0.2) is 4.98 Å². The van der Waals surface area contributed by atoms with Crippen LogP contribution < -0.4 is 0 Å². The average molecular weight is 486 g/mol. The van der Waals surface area contributed by atoms with Gasteiger partial charge in [-0.1, -0.05) is 40.9 Å². The van der Waals surface area contributed by atoms with Gasteiger partial charge in [-0.15, -0.1) is 47.3 Å². The van der Waals surface area contributed by atoms with E-state index >= 15 is 0 Å². The maximum Gasteiger partial charge on any atom is 0.0946 e. The zero-order valence-corrected chi connectivity index (χ0v) is 19.0. The molecule has 0 saturated carbocycles. The lowest BCUT2D eigenvalue weighted by Crippen LogP contribution is -2.06. The van der Waals surface area contributed by atoms with Crippen molar-refractivity contribution in [1.29, 1.82) is 0 Å². The number of thioether (sulfide) groups is 2. The molecule has 1 aromatic carbocycles. The standard InChI is InChI=1S/C17H15Cl3N2S3.ClH/c18-12-1-3-14(15(19)7-12)16(8-22-6-5-21-10-22)24-11-23-9-13-2-4-17(20)25-13;/h1-7,10,16H,8-9,11H2;1H. The van der Waals surface area contributed by atoms with Crippen molar-refractivity contribution < 1.29 is 0 Å². The molecule has 0 radical (unpaired) electrons. The SMILES string of the molecule is Cl.Clc1ccc(C(Cn2ccnc2)SCSCc2ccc(Cl)s2)c(Cl)c1. The molecule has 3 aromatic rings. The summed E-state index contributed by atoms with van der Waals surface area (Å²) in [6.07, 6.45) is 5.59. The molecule has 0 spiro atoms. The first-order chi connectivity index (χ1) is 12.1. The van der Waals surface area contributed by atoms with Gasteiger partial charge < -0.3 is 4.57 Å². The summed E-state index contributed by atoms with van der Waals surface area (Å²) in [6.45, 7) is 0.817. The van der Waals surface area contributed by atoms with Gasteiger partial charge in [0.25, 0.3) is 0 Å². The maximum atomic E-state index is 6.43. The Bertz CT molecular complexity index is 808. The highest BCUT2D eigenvalue weighted by atomic mass is 35.5. The molecule has 0 fully saturated rings. The summed E-state index contributed by atoms with van der Waals surface area (Å²) >= 11 is 23.9. The fourth-order valence-electron chi connectivity index (χ4n) is 2.29. The number of nitrogens with zero attached hydrogens (tertiary/aromatic N) is 2. The number of rotatable bonds is 8. The first-order valence-electron chi connectivity index (χ1n) is 7.46. The Kier molecular flexibility index (Phi) is 9.52. The second-order valence-corrected chi connectivity index (χ2v) is 10.4. The number of aromatic nitrogens is 2. The van der Waals surface area contributed by atoms with Crippen LogP contribution in [0.4, 0.5) is 0 Å². The first kappa shape index (κ1) is 22.3. The molecule has 9 heteroatoms. The maximum absolute atomic E-state index is 6.43. The lowest BCUT2D eigenvalue weighted by atomic mass is 10.1. The normalized spacial score (nSPS) is 12.0. The van der Waals surface area contributed by atoms with Crippen LogP contribution in [0.2, 0.25) is 14.4 Å². The molecule has 0 aliphatic heterocycles. The van der Waals surface area contributed by atoms with Crippen molar-refractivity contribution in [2.45, 2.75) is 17.5 Å². The molecular weight excluding hydrogens is 470 g/mol. The largest absolute Gasteiger partial charge is 0.336 e. The molecule has 1 atom stereocenters. The number of halogens is 4. The van der Waals surface area contributed by atoms with E-state index in [9.17, 15) is 0 Å². The Morgan fingerprint density at radius 1 is 1.15 bits per heavy atom. The molecule has 0 bridgehead atoms. The summed E-state index contributed by atoms with van der Waals surface area (Å²) in [5, 5.41) is 2.57. The van der Waals surface area contributed by atoms with Gasteiger partial charge in [0, 0.05) is 49.9 Å². The summed E-state index contributed by atoms with van der Waals surface area (Å²) in [7, 11) is 0. The molecule has 26 heavy (non-hydrogen) atoms. The summed E-state index contributed by atoms with van der Waals surface area (Å²) in [5.74, 6) is 0.969. The van der Waals surface area contributed by atoms with Crippen LogP contribution in [0.15, 0.2) is 49.1 Å². The number of thiophene rings is 1. The van der Waals surface area contributed by atoms with Crippen molar-refractivity contribution in [3.8, 4) is 0 Å². The molecule has 2 aromatic heterocycles. The highest BCUT2D eigenvalue weighted by molar-refractivity contribution is 8.15. The monoisotopic (exact) mass is 484 g/mol. The number of hydrogen-bond donors (Lipinski definition) is 0. The van der Waals surface area contributed by atoms with Crippen LogP contribution in [0.3, 0.4) is 0 Å². The lowest BCUT2D eigenvalue weighted by molar-refractivity contribution is 0.684. The third-order valence-corrected chi connectivity index (χ3v) is 7.98. The molecule has 2 nitrogen and oxygen atoms in total. The van der Waals surface area contributed by atoms with Crippen LogP contribution in [-0.4, -0.2) is 14.6 Å². The quantitative estimate of drug-likeness (QED) is 0.240. The molecular formula is C17H16Cl4N2S3. The number of benzene rings is 1. The average Bonchev–Trinajstić information content (AvgIpc) is 3.22. The Morgan fingerprint density at radius 2 is 2.00 bits per heavy atom. The van der Waals surface area contributed by atoms with Gasteiger partial charge in [-0.3, -0.25) is 0 Å². The third-order valence-electron chi connectivity index (χ3n) is 3.47. The van der Waals surface area contributed by atoms with Gasteiger partial charge in [0.2, 0.25) is 0 Å². The minimum atomic E-state index is 0. The molecule has 140 valence electrons. The topological polar surface area (TPSA) is 17.8 Å². The van der Waals surface area contributed by atoms with Crippen LogP contribution in [0.1, 0.15) is 15.7 Å². The number of imidazole rings is 1. The molecule has 0 aliphatic rings. The van der Waals surface area contributed by atoms with E-state index in [1.807, 2.05) is 54.2 Å². The molecule has 0 N–H and O–H groups in total. The van der Waals surface area contributed by atoms with Crippen LogP contribution in [0, 0.1) is 0 Å². The minimum absolute atomic E-state index is 0. The van der Waals surface area contributed by atoms with Gasteiger partial charge in [0.15, 0.2) is 0 Å². The van der Waals surface area contributed by atoms with E-state index in [-0.39, 0.29) is 17.7 Å². The first-order valence-corrected chi connectivity index (χ1v) is 11.6. The van der Waals surface area contributed by atoms with Crippen molar-refractivity contribution in [1.82, 2.24) is 9.55 Å². The predicted octanol–water partition coefficient (Wildman–Crippen LogP) is 7.69. The Balaban J connectivity index is 0.00000243. The molecule has 0 aliphatic carbocycles. The summed E-state index contributed by atoms with van der Waals surface area (Å²) in [6, 6.07) is 9.75. The molecule has 0 amide bonds. The van der Waals surface area contributed by atoms with Crippen LogP contribution >= 0.6 is 82.1 Å². The number of hydrogen-bond acceptors (Lipinski definition) is 4. The van der Waals surface area contributed by atoms with E-state index in [4.69, 9.17) is 34.8 Å². The molecule has 3 rings (SSSR count). The van der Waals surface area contributed by atoms with E-state index in [2.05, 4.69) is 15.6 Å². The zero-order valence-electron chi connectivity index (χ0n) is 13.5. The Hall–Kier alpha value is -0.0100. The highest BCUT2D eigenvalue weighted by Crippen LogP contribution is 2.38. The van der Waals surface area contributed by atoms with Gasteiger partial charge in [0.1, 0.15) is 0 Å². The van der Waals surface area contributed by atoms with E-state index in [0.29, 0.717) is 10.0 Å². The van der Waals surface area contributed by atoms with E-state index in [1.54, 1.807) is 23.6 Å². The second-order valence-electron chi connectivity index (χ2n) is 5.25. The van der Waals surface area contributed by atoms with Gasteiger partial charge in [-0.2, -0.15) is 0 Å². The summed E-state index contributed by atoms with van der Waals surface area (Å²) in [5.41, 5.74) is 1.10. The second kappa shape index (κ2) is 11.1. The van der Waals surface area contributed by atoms with Crippen molar-refractivity contribution in [2.24, 2.45) is 0 Å². The fourth-order valence-corrected chi connectivity index (χ4v) is 6.60. The van der Waals surface area contributed by atoms with Crippen LogP contribution in [0.5, 0.6) is 0 Å². The van der Waals surface area contributed by atoms with Crippen molar-refractivity contribution in [2.75, 3.05) is 5.08 Å².